The molecular weight excluding hydrogens is 390 g/mol. The molecule has 0 atom stereocenters. The summed E-state index contributed by atoms with van der Waals surface area (Å²) in [7, 11) is 3.41. The second kappa shape index (κ2) is 8.39. The van der Waals surface area contributed by atoms with Gasteiger partial charge < -0.3 is 10.6 Å². The molecule has 7 nitrogen and oxygen atoms in total. The summed E-state index contributed by atoms with van der Waals surface area (Å²) in [5.74, 6) is -0.381. The molecule has 2 amide bonds. The van der Waals surface area contributed by atoms with E-state index >= 15 is 0 Å². The molecule has 0 fully saturated rings. The van der Waals surface area contributed by atoms with Crippen molar-refractivity contribution in [1.29, 1.82) is 0 Å². The Morgan fingerprint density at radius 1 is 1.00 bits per heavy atom. The number of aryl methyl sites for hydroxylation is 2. The monoisotopic (exact) mass is 413 g/mol. The number of benzene rings is 2. The largest absolute Gasteiger partial charge is 0.355 e. The molecule has 31 heavy (non-hydrogen) atoms. The quantitative estimate of drug-likeness (QED) is 0.526. The zero-order chi connectivity index (χ0) is 22.0. The van der Waals surface area contributed by atoms with Crippen molar-refractivity contribution in [2.24, 2.45) is 7.05 Å². The Labute approximate surface area is 180 Å². The van der Waals surface area contributed by atoms with Gasteiger partial charge in [-0.2, -0.15) is 5.10 Å². The molecule has 156 valence electrons. The summed E-state index contributed by atoms with van der Waals surface area (Å²) < 4.78 is 1.70. The number of nitrogens with zero attached hydrogens (tertiary/aromatic N) is 3. The van der Waals surface area contributed by atoms with E-state index in [2.05, 4.69) is 15.7 Å². The number of rotatable bonds is 5. The highest BCUT2D eigenvalue weighted by molar-refractivity contribution is 6.07. The third kappa shape index (κ3) is 4.02. The standard InChI is InChI=1S/C24H23N5O2/c1-15-21-19(24(31)26-14-16-8-7-11-18(12-16)23(30)25-2)13-20(17-9-5-4-6-10-17)27-22(21)29(3)28-15/h4-13H,14H2,1-3H3,(H,25,30)(H,26,31). The highest BCUT2D eigenvalue weighted by Crippen LogP contribution is 2.26. The zero-order valence-electron chi connectivity index (χ0n) is 17.6. The Kier molecular flexibility index (Phi) is 5.49. The molecule has 2 aromatic heterocycles. The van der Waals surface area contributed by atoms with Gasteiger partial charge in [0, 0.05) is 31.8 Å². The molecule has 0 aliphatic carbocycles. The third-order valence-electron chi connectivity index (χ3n) is 5.15. The predicted molar refractivity (Wildman–Crippen MR) is 120 cm³/mol. The van der Waals surface area contributed by atoms with Crippen LogP contribution >= 0.6 is 0 Å². The number of fused-ring (bicyclic) bond motifs is 1. The molecule has 4 aromatic rings. The Balaban J connectivity index is 1.68. The van der Waals surface area contributed by atoms with Crippen LogP contribution in [0.1, 0.15) is 32.0 Å². The first-order chi connectivity index (χ1) is 15.0. The lowest BCUT2D eigenvalue weighted by Gasteiger charge is -2.10. The number of carbonyl (C=O) groups is 2. The Hall–Kier alpha value is -4.00. The van der Waals surface area contributed by atoms with Gasteiger partial charge in [0.05, 0.1) is 22.3 Å². The minimum Gasteiger partial charge on any atom is -0.355 e. The summed E-state index contributed by atoms with van der Waals surface area (Å²) in [4.78, 5) is 29.8. The van der Waals surface area contributed by atoms with Gasteiger partial charge >= 0.3 is 0 Å². The molecule has 4 rings (SSSR count). The molecular formula is C24H23N5O2. The lowest BCUT2D eigenvalue weighted by atomic mass is 10.0. The molecule has 0 radical (unpaired) electrons. The van der Waals surface area contributed by atoms with Crippen LogP contribution in [-0.2, 0) is 13.6 Å². The molecule has 0 bridgehead atoms. The fraction of sp³-hybridized carbons (Fsp3) is 0.167. The van der Waals surface area contributed by atoms with E-state index < -0.39 is 0 Å². The van der Waals surface area contributed by atoms with Crippen LogP contribution < -0.4 is 10.6 Å². The molecule has 2 heterocycles. The van der Waals surface area contributed by atoms with Gasteiger partial charge in [0.2, 0.25) is 0 Å². The van der Waals surface area contributed by atoms with Crippen LogP contribution in [0.2, 0.25) is 0 Å². The van der Waals surface area contributed by atoms with Gasteiger partial charge in [0.1, 0.15) is 0 Å². The summed E-state index contributed by atoms with van der Waals surface area (Å²) >= 11 is 0. The minimum absolute atomic E-state index is 0.164. The van der Waals surface area contributed by atoms with Crippen LogP contribution in [0.5, 0.6) is 0 Å². The highest BCUT2D eigenvalue weighted by atomic mass is 16.2. The zero-order valence-corrected chi connectivity index (χ0v) is 17.6. The van der Waals surface area contributed by atoms with E-state index in [9.17, 15) is 9.59 Å². The smallest absolute Gasteiger partial charge is 0.252 e. The fourth-order valence-corrected chi connectivity index (χ4v) is 3.63. The SMILES string of the molecule is CNC(=O)c1cccc(CNC(=O)c2cc(-c3ccccc3)nc3c2c(C)nn3C)c1. The van der Waals surface area contributed by atoms with Gasteiger partial charge in [-0.1, -0.05) is 42.5 Å². The van der Waals surface area contributed by atoms with E-state index in [-0.39, 0.29) is 11.8 Å². The number of amides is 2. The third-order valence-corrected chi connectivity index (χ3v) is 5.15. The molecule has 0 aliphatic rings. The number of pyridine rings is 1. The van der Waals surface area contributed by atoms with Crippen molar-refractivity contribution < 1.29 is 9.59 Å². The Bertz CT molecular complexity index is 1280. The highest BCUT2D eigenvalue weighted by Gasteiger charge is 2.19. The maximum atomic E-state index is 13.2. The first-order valence-corrected chi connectivity index (χ1v) is 9.97. The van der Waals surface area contributed by atoms with Crippen molar-refractivity contribution in [2.75, 3.05) is 7.05 Å². The van der Waals surface area contributed by atoms with Crippen LogP contribution in [0.3, 0.4) is 0 Å². The average molecular weight is 413 g/mol. The van der Waals surface area contributed by atoms with Crippen LogP contribution in [-0.4, -0.2) is 33.6 Å². The van der Waals surface area contributed by atoms with Gasteiger partial charge in [0.15, 0.2) is 5.65 Å². The molecule has 0 saturated heterocycles. The van der Waals surface area contributed by atoms with Crippen LogP contribution in [0, 0.1) is 6.92 Å². The molecule has 2 aromatic carbocycles. The van der Waals surface area contributed by atoms with E-state index in [1.54, 1.807) is 29.9 Å². The second-order valence-electron chi connectivity index (χ2n) is 7.29. The summed E-state index contributed by atoms with van der Waals surface area (Å²) in [5, 5.41) is 10.8. The van der Waals surface area contributed by atoms with E-state index in [4.69, 9.17) is 4.98 Å². The molecule has 7 heteroatoms. The van der Waals surface area contributed by atoms with Gasteiger partial charge in [0.25, 0.3) is 11.8 Å². The first-order valence-electron chi connectivity index (χ1n) is 9.97. The molecule has 0 aliphatic heterocycles. The maximum absolute atomic E-state index is 13.2. The number of aromatic nitrogens is 3. The van der Waals surface area contributed by atoms with Crippen molar-refractivity contribution in [2.45, 2.75) is 13.5 Å². The number of carbonyl (C=O) groups excluding carboxylic acids is 2. The predicted octanol–water partition coefficient (Wildman–Crippen LogP) is 3.23. The summed E-state index contributed by atoms with van der Waals surface area (Å²) in [6.45, 7) is 2.17. The summed E-state index contributed by atoms with van der Waals surface area (Å²) in [6, 6.07) is 18.7. The van der Waals surface area contributed by atoms with Gasteiger partial charge in [-0.15, -0.1) is 0 Å². The summed E-state index contributed by atoms with van der Waals surface area (Å²) in [5.41, 5.74) is 4.96. The fourth-order valence-electron chi connectivity index (χ4n) is 3.63. The Morgan fingerprint density at radius 3 is 2.52 bits per heavy atom. The molecule has 0 unspecified atom stereocenters. The van der Waals surface area contributed by atoms with Crippen molar-refractivity contribution >= 4 is 22.8 Å². The van der Waals surface area contributed by atoms with Gasteiger partial charge in [-0.05, 0) is 30.7 Å². The summed E-state index contributed by atoms with van der Waals surface area (Å²) in [6.07, 6.45) is 0. The average Bonchev–Trinajstić information content (AvgIpc) is 3.10. The van der Waals surface area contributed by atoms with Crippen molar-refractivity contribution in [1.82, 2.24) is 25.4 Å². The minimum atomic E-state index is -0.217. The molecule has 2 N–H and O–H groups in total. The first kappa shape index (κ1) is 20.3. The van der Waals surface area contributed by atoms with Crippen LogP contribution in [0.25, 0.3) is 22.3 Å². The van der Waals surface area contributed by atoms with Crippen LogP contribution in [0.15, 0.2) is 60.7 Å². The van der Waals surface area contributed by atoms with Gasteiger partial charge in [-0.25, -0.2) is 4.98 Å². The van der Waals surface area contributed by atoms with Crippen molar-refractivity contribution in [3.63, 3.8) is 0 Å². The van der Waals surface area contributed by atoms with Crippen molar-refractivity contribution in [3.8, 4) is 11.3 Å². The lowest BCUT2D eigenvalue weighted by molar-refractivity contribution is 0.0950. The second-order valence-corrected chi connectivity index (χ2v) is 7.29. The number of hydrogen-bond acceptors (Lipinski definition) is 4. The topological polar surface area (TPSA) is 88.9 Å². The Morgan fingerprint density at radius 2 is 1.77 bits per heavy atom. The van der Waals surface area contributed by atoms with Crippen LogP contribution in [0.4, 0.5) is 0 Å². The normalized spacial score (nSPS) is 10.8. The van der Waals surface area contributed by atoms with E-state index in [0.29, 0.717) is 29.0 Å². The number of nitrogens with one attached hydrogen (secondary N) is 2. The maximum Gasteiger partial charge on any atom is 0.252 e. The van der Waals surface area contributed by atoms with Gasteiger partial charge in [-0.3, -0.25) is 14.3 Å². The van der Waals surface area contributed by atoms with E-state index in [1.807, 2.05) is 56.4 Å². The van der Waals surface area contributed by atoms with E-state index in [0.717, 1.165) is 22.2 Å². The number of hydrogen-bond donors (Lipinski definition) is 2. The van der Waals surface area contributed by atoms with E-state index in [1.165, 1.54) is 0 Å². The lowest BCUT2D eigenvalue weighted by Crippen LogP contribution is -2.24. The molecule has 0 spiro atoms. The van der Waals surface area contributed by atoms with Crippen molar-refractivity contribution in [3.05, 3.63) is 83.0 Å². The molecule has 0 saturated carbocycles.